The van der Waals surface area contributed by atoms with E-state index in [9.17, 15) is 28.9 Å². The van der Waals surface area contributed by atoms with Gasteiger partial charge in [-0.3, -0.25) is 23.4 Å². The van der Waals surface area contributed by atoms with Gasteiger partial charge in [0.1, 0.15) is 12.7 Å². The number of rotatable bonds is 45. The summed E-state index contributed by atoms with van der Waals surface area (Å²) in [5, 5.41) is 9.74. The van der Waals surface area contributed by atoms with Gasteiger partial charge in [-0.1, -0.05) is 172 Å². The van der Waals surface area contributed by atoms with Crippen LogP contribution in [0.3, 0.4) is 0 Å². The standard InChI is InChI=1S/C50H89O11P/c1-4-7-10-13-16-19-22-23-26-27-30-33-36-39-48(52)57-43-47(61-50(54)41-38-35-32-29-25-21-18-15-12-9-6-3)45-59-62(55,56)58-44-46(42-51)60-49(53)40-37-34-31-28-24-20-17-14-11-8-5-2/h7,10,15-16,18-19,23,26,46-47,51H,4-6,8-9,11-14,17,20-22,24-25,27-45H2,1-3H3,(H,55,56)/b10-7-,18-15-,19-16-,26-23-. The molecule has 11 nitrogen and oxygen atoms in total. The minimum atomic E-state index is -4.74. The Morgan fingerprint density at radius 1 is 0.468 bits per heavy atom. The lowest BCUT2D eigenvalue weighted by molar-refractivity contribution is -0.161. The number of carbonyl (C=O) groups is 3. The first-order valence-corrected chi connectivity index (χ1v) is 26.0. The molecule has 0 bridgehead atoms. The van der Waals surface area contributed by atoms with Gasteiger partial charge >= 0.3 is 25.7 Å². The van der Waals surface area contributed by atoms with Crippen LogP contribution in [0.15, 0.2) is 48.6 Å². The van der Waals surface area contributed by atoms with Crippen molar-refractivity contribution in [1.82, 2.24) is 0 Å². The van der Waals surface area contributed by atoms with Crippen LogP contribution in [-0.2, 0) is 42.2 Å². The molecular weight excluding hydrogens is 808 g/mol. The van der Waals surface area contributed by atoms with Crippen LogP contribution in [0.2, 0.25) is 0 Å². The van der Waals surface area contributed by atoms with Crippen LogP contribution in [0.1, 0.15) is 213 Å². The maximum atomic E-state index is 12.8. The highest BCUT2D eigenvalue weighted by atomic mass is 31.2. The van der Waals surface area contributed by atoms with E-state index in [-0.39, 0.29) is 25.9 Å². The maximum Gasteiger partial charge on any atom is 0.472 e. The van der Waals surface area contributed by atoms with Crippen molar-refractivity contribution in [1.29, 1.82) is 0 Å². The molecule has 0 aromatic carbocycles. The van der Waals surface area contributed by atoms with Gasteiger partial charge in [-0.2, -0.15) is 0 Å². The second-order valence-corrected chi connectivity index (χ2v) is 17.7. The molecule has 3 unspecified atom stereocenters. The van der Waals surface area contributed by atoms with Crippen molar-refractivity contribution in [3.8, 4) is 0 Å². The molecule has 3 atom stereocenters. The molecule has 2 N–H and O–H groups in total. The summed E-state index contributed by atoms with van der Waals surface area (Å²) in [6.45, 7) is 4.42. The molecule has 0 heterocycles. The third-order valence-corrected chi connectivity index (χ3v) is 11.2. The van der Waals surface area contributed by atoms with Gasteiger partial charge in [0, 0.05) is 19.3 Å². The number of hydrogen-bond donors (Lipinski definition) is 2. The molecule has 0 aliphatic heterocycles. The molecule has 360 valence electrons. The fourth-order valence-electron chi connectivity index (χ4n) is 6.47. The van der Waals surface area contributed by atoms with Gasteiger partial charge < -0.3 is 24.2 Å². The number of unbranched alkanes of at least 4 members (excludes halogenated alkanes) is 20. The van der Waals surface area contributed by atoms with E-state index in [2.05, 4.69) is 69.4 Å². The molecule has 62 heavy (non-hydrogen) atoms. The number of ether oxygens (including phenoxy) is 3. The minimum absolute atomic E-state index is 0.151. The minimum Gasteiger partial charge on any atom is -0.462 e. The van der Waals surface area contributed by atoms with Crippen LogP contribution < -0.4 is 0 Å². The molecule has 0 aromatic rings. The third-order valence-electron chi connectivity index (χ3n) is 10.2. The van der Waals surface area contributed by atoms with Crippen molar-refractivity contribution in [2.75, 3.05) is 26.4 Å². The number of phosphoric acid groups is 1. The van der Waals surface area contributed by atoms with Gasteiger partial charge in [-0.25, -0.2) is 4.57 Å². The largest absolute Gasteiger partial charge is 0.472 e. The molecule has 0 radical (unpaired) electrons. The molecule has 0 aliphatic rings. The Bertz CT molecular complexity index is 1230. The molecule has 0 aromatic heterocycles. The van der Waals surface area contributed by atoms with Crippen LogP contribution in [0.25, 0.3) is 0 Å². The SMILES string of the molecule is CC/C=C\C/C=C\C/C=C\CCCCCC(=O)OCC(COP(=O)(O)OCC(CO)OC(=O)CCCCCCCCCCCCC)OC(=O)CCCCCCC/C=C\CCCC. The summed E-state index contributed by atoms with van der Waals surface area (Å²) in [6.07, 6.45) is 43.8. The predicted octanol–water partition coefficient (Wildman–Crippen LogP) is 13.5. The average molecular weight is 897 g/mol. The van der Waals surface area contributed by atoms with Crippen molar-refractivity contribution in [2.45, 2.75) is 226 Å². The summed E-state index contributed by atoms with van der Waals surface area (Å²) in [7, 11) is -4.74. The van der Waals surface area contributed by atoms with Gasteiger partial charge in [0.15, 0.2) is 6.10 Å². The monoisotopic (exact) mass is 897 g/mol. The van der Waals surface area contributed by atoms with Crippen molar-refractivity contribution in [3.05, 3.63) is 48.6 Å². The van der Waals surface area contributed by atoms with E-state index in [1.807, 2.05) is 0 Å². The molecular formula is C50H89O11P. The van der Waals surface area contributed by atoms with Gasteiger partial charge in [0.2, 0.25) is 0 Å². The zero-order valence-corrected chi connectivity index (χ0v) is 40.2. The summed E-state index contributed by atoms with van der Waals surface area (Å²) in [5.74, 6) is -1.51. The fraction of sp³-hybridized carbons (Fsp3) is 0.780. The van der Waals surface area contributed by atoms with Gasteiger partial charge in [-0.15, -0.1) is 0 Å². The summed E-state index contributed by atoms with van der Waals surface area (Å²) in [4.78, 5) is 48.1. The first-order valence-electron chi connectivity index (χ1n) is 24.5. The van der Waals surface area contributed by atoms with Crippen molar-refractivity contribution in [3.63, 3.8) is 0 Å². The van der Waals surface area contributed by atoms with Crippen LogP contribution in [0, 0.1) is 0 Å². The normalized spacial score (nSPS) is 14.0. The van der Waals surface area contributed by atoms with Gasteiger partial charge in [0.05, 0.1) is 19.8 Å². The van der Waals surface area contributed by atoms with Crippen molar-refractivity contribution >= 4 is 25.7 Å². The van der Waals surface area contributed by atoms with Crippen molar-refractivity contribution in [2.24, 2.45) is 0 Å². The van der Waals surface area contributed by atoms with Crippen LogP contribution in [-0.4, -0.2) is 66.5 Å². The number of allylic oxidation sites excluding steroid dienone is 8. The third kappa shape index (κ3) is 42.7. The number of hydrogen-bond acceptors (Lipinski definition) is 10. The number of aliphatic hydroxyl groups is 1. The Kier molecular flexibility index (Phi) is 43.2. The lowest BCUT2D eigenvalue weighted by atomic mass is 10.1. The Labute approximate surface area is 377 Å². The van der Waals surface area contributed by atoms with Crippen LogP contribution >= 0.6 is 7.82 Å². The number of aliphatic hydroxyl groups excluding tert-OH is 1. The van der Waals surface area contributed by atoms with Crippen LogP contribution in [0.5, 0.6) is 0 Å². The highest BCUT2D eigenvalue weighted by molar-refractivity contribution is 7.47. The van der Waals surface area contributed by atoms with E-state index in [1.165, 1.54) is 57.8 Å². The van der Waals surface area contributed by atoms with E-state index in [0.29, 0.717) is 19.3 Å². The van der Waals surface area contributed by atoms with Crippen LogP contribution in [0.4, 0.5) is 0 Å². The summed E-state index contributed by atoms with van der Waals surface area (Å²) in [6, 6.07) is 0. The average Bonchev–Trinajstić information content (AvgIpc) is 3.25. The Morgan fingerprint density at radius 2 is 0.855 bits per heavy atom. The number of phosphoric ester groups is 1. The predicted molar refractivity (Wildman–Crippen MR) is 252 cm³/mol. The highest BCUT2D eigenvalue weighted by Crippen LogP contribution is 2.43. The smallest absolute Gasteiger partial charge is 0.462 e. The zero-order valence-electron chi connectivity index (χ0n) is 39.3. The summed E-state index contributed by atoms with van der Waals surface area (Å²) < 4.78 is 39.2. The second kappa shape index (κ2) is 45.0. The van der Waals surface area contributed by atoms with Gasteiger partial charge in [0.25, 0.3) is 0 Å². The topological polar surface area (TPSA) is 155 Å². The molecule has 0 spiro atoms. The molecule has 0 saturated carbocycles. The fourth-order valence-corrected chi connectivity index (χ4v) is 7.25. The molecule has 0 amide bonds. The van der Waals surface area contributed by atoms with Crippen molar-refractivity contribution < 1.29 is 52.2 Å². The quantitative estimate of drug-likeness (QED) is 0.0197. The van der Waals surface area contributed by atoms with E-state index in [0.717, 1.165) is 96.3 Å². The molecule has 12 heteroatoms. The molecule has 0 rings (SSSR count). The maximum absolute atomic E-state index is 12.8. The first-order chi connectivity index (χ1) is 30.2. The number of esters is 3. The van der Waals surface area contributed by atoms with E-state index >= 15 is 0 Å². The van der Waals surface area contributed by atoms with E-state index < -0.39 is 57.8 Å². The lowest BCUT2D eigenvalue weighted by Gasteiger charge is -2.21. The van der Waals surface area contributed by atoms with E-state index in [4.69, 9.17) is 23.3 Å². The van der Waals surface area contributed by atoms with Gasteiger partial charge in [-0.05, 0) is 70.6 Å². The Hall–Kier alpha value is -2.56. The first kappa shape index (κ1) is 59.4. The zero-order chi connectivity index (χ0) is 45.6. The Morgan fingerprint density at radius 3 is 1.37 bits per heavy atom. The second-order valence-electron chi connectivity index (χ2n) is 16.2. The summed E-state index contributed by atoms with van der Waals surface area (Å²) in [5.41, 5.74) is 0. The Balaban J connectivity index is 4.78. The molecule has 0 fully saturated rings. The lowest BCUT2D eigenvalue weighted by Crippen LogP contribution is -2.30. The summed E-state index contributed by atoms with van der Waals surface area (Å²) >= 11 is 0. The van der Waals surface area contributed by atoms with E-state index in [1.54, 1.807) is 0 Å². The molecule has 0 saturated heterocycles. The number of carbonyl (C=O) groups excluding carboxylic acids is 3. The molecule has 0 aliphatic carbocycles. The highest BCUT2D eigenvalue weighted by Gasteiger charge is 2.28.